The highest BCUT2D eigenvalue weighted by atomic mass is 19.4. The van der Waals surface area contributed by atoms with Crippen molar-refractivity contribution in [3.05, 3.63) is 59.3 Å². The van der Waals surface area contributed by atoms with E-state index in [0.717, 1.165) is 18.2 Å². The van der Waals surface area contributed by atoms with E-state index in [-0.39, 0.29) is 5.56 Å². The largest absolute Gasteiger partial charge is 0.467 e. The Morgan fingerprint density at radius 1 is 1.13 bits per heavy atom. The lowest BCUT2D eigenvalue weighted by atomic mass is 9.96. The van der Waals surface area contributed by atoms with Gasteiger partial charge in [-0.15, -0.1) is 0 Å². The van der Waals surface area contributed by atoms with Gasteiger partial charge < -0.3 is 9.73 Å². The van der Waals surface area contributed by atoms with Gasteiger partial charge in [-0.1, -0.05) is 0 Å². The van der Waals surface area contributed by atoms with Crippen molar-refractivity contribution in [2.45, 2.75) is 12.2 Å². The zero-order valence-electron chi connectivity index (χ0n) is 12.2. The number of rotatable bonds is 3. The van der Waals surface area contributed by atoms with Crippen LogP contribution in [0.5, 0.6) is 0 Å². The Hall–Kier alpha value is -1.86. The van der Waals surface area contributed by atoms with Crippen LogP contribution < -0.4 is 5.32 Å². The molecule has 23 heavy (non-hydrogen) atoms. The number of furan rings is 1. The minimum Gasteiger partial charge on any atom is -0.467 e. The molecule has 0 bridgehead atoms. The minimum absolute atomic E-state index is 0.116. The molecule has 3 nitrogen and oxygen atoms in total. The topological polar surface area (TPSA) is 28.4 Å². The Morgan fingerprint density at radius 2 is 1.87 bits per heavy atom. The van der Waals surface area contributed by atoms with Gasteiger partial charge in [-0.2, -0.15) is 13.2 Å². The van der Waals surface area contributed by atoms with Crippen molar-refractivity contribution in [1.82, 2.24) is 10.2 Å². The number of nitrogens with zero attached hydrogens (tertiary/aromatic N) is 1. The molecule has 0 aliphatic carbocycles. The van der Waals surface area contributed by atoms with E-state index in [9.17, 15) is 17.6 Å². The van der Waals surface area contributed by atoms with Crippen molar-refractivity contribution in [3.8, 4) is 0 Å². The van der Waals surface area contributed by atoms with E-state index in [1.54, 1.807) is 12.1 Å². The molecule has 1 aliphatic rings. The molecule has 1 aromatic carbocycles. The summed E-state index contributed by atoms with van der Waals surface area (Å²) in [5.41, 5.74) is -0.951. The number of piperazine rings is 1. The molecule has 1 N–H and O–H groups in total. The molecule has 1 atom stereocenters. The van der Waals surface area contributed by atoms with Crippen molar-refractivity contribution < 1.29 is 22.0 Å². The van der Waals surface area contributed by atoms with Crippen LogP contribution in [-0.4, -0.2) is 31.1 Å². The van der Waals surface area contributed by atoms with Crippen molar-refractivity contribution in [2.24, 2.45) is 0 Å². The normalized spacial score (nSPS) is 18.1. The van der Waals surface area contributed by atoms with E-state index in [0.29, 0.717) is 31.9 Å². The zero-order valence-corrected chi connectivity index (χ0v) is 12.2. The lowest BCUT2D eigenvalue weighted by Gasteiger charge is -2.35. The third-order valence-electron chi connectivity index (χ3n) is 3.94. The van der Waals surface area contributed by atoms with E-state index in [1.807, 2.05) is 4.90 Å². The summed E-state index contributed by atoms with van der Waals surface area (Å²) >= 11 is 0. The molecule has 0 spiro atoms. The van der Waals surface area contributed by atoms with Crippen LogP contribution in [0, 0.1) is 5.82 Å². The first kappa shape index (κ1) is 16.0. The monoisotopic (exact) mass is 328 g/mol. The van der Waals surface area contributed by atoms with Gasteiger partial charge in [0.2, 0.25) is 0 Å². The van der Waals surface area contributed by atoms with Crippen molar-refractivity contribution in [2.75, 3.05) is 26.2 Å². The Balaban J connectivity index is 2.11. The number of hydrogen-bond donors (Lipinski definition) is 1. The molecule has 3 rings (SSSR count). The molecule has 1 fully saturated rings. The predicted molar refractivity (Wildman–Crippen MR) is 76.4 cm³/mol. The first-order valence-electron chi connectivity index (χ1n) is 7.31. The predicted octanol–water partition coefficient (Wildman–Crippen LogP) is 3.43. The van der Waals surface area contributed by atoms with E-state index in [1.165, 1.54) is 6.26 Å². The summed E-state index contributed by atoms with van der Waals surface area (Å²) in [5.74, 6) is -0.317. The van der Waals surface area contributed by atoms with Gasteiger partial charge in [-0.3, -0.25) is 4.90 Å². The van der Waals surface area contributed by atoms with Gasteiger partial charge in [0.25, 0.3) is 0 Å². The number of hydrogen-bond acceptors (Lipinski definition) is 3. The average molecular weight is 328 g/mol. The molecule has 1 saturated heterocycles. The molecule has 1 aromatic heterocycles. The van der Waals surface area contributed by atoms with Gasteiger partial charge in [0.15, 0.2) is 0 Å². The highest BCUT2D eigenvalue weighted by Gasteiger charge is 2.38. The fourth-order valence-electron chi connectivity index (χ4n) is 2.94. The Morgan fingerprint density at radius 3 is 2.48 bits per heavy atom. The van der Waals surface area contributed by atoms with Gasteiger partial charge in [0.05, 0.1) is 17.9 Å². The molecule has 2 heterocycles. The third-order valence-corrected chi connectivity index (χ3v) is 3.94. The molecule has 7 heteroatoms. The second-order valence-corrected chi connectivity index (χ2v) is 5.43. The van der Waals surface area contributed by atoms with Gasteiger partial charge in [0, 0.05) is 26.2 Å². The fraction of sp³-hybridized carbons (Fsp3) is 0.375. The summed E-state index contributed by atoms with van der Waals surface area (Å²) in [6.45, 7) is 2.43. The molecule has 0 amide bonds. The van der Waals surface area contributed by atoms with Gasteiger partial charge >= 0.3 is 6.18 Å². The highest BCUT2D eigenvalue weighted by molar-refractivity contribution is 5.37. The molecular formula is C16H16F4N2O. The van der Waals surface area contributed by atoms with Crippen LogP contribution in [0.3, 0.4) is 0 Å². The van der Waals surface area contributed by atoms with Crippen LogP contribution in [0.4, 0.5) is 17.6 Å². The lowest BCUT2D eigenvalue weighted by Crippen LogP contribution is -2.45. The van der Waals surface area contributed by atoms with E-state index in [2.05, 4.69) is 5.32 Å². The first-order chi connectivity index (χ1) is 11.0. The van der Waals surface area contributed by atoms with Crippen LogP contribution in [0.2, 0.25) is 0 Å². The third kappa shape index (κ3) is 3.40. The maximum Gasteiger partial charge on any atom is 0.416 e. The lowest BCUT2D eigenvalue weighted by molar-refractivity contribution is -0.138. The summed E-state index contributed by atoms with van der Waals surface area (Å²) in [6.07, 6.45) is -3.14. The summed E-state index contributed by atoms with van der Waals surface area (Å²) < 4.78 is 59.1. The van der Waals surface area contributed by atoms with E-state index >= 15 is 0 Å². The molecule has 2 aromatic rings. The van der Waals surface area contributed by atoms with Crippen LogP contribution in [-0.2, 0) is 6.18 Å². The number of benzene rings is 1. The smallest absolute Gasteiger partial charge is 0.416 e. The number of nitrogens with one attached hydrogen (secondary N) is 1. The van der Waals surface area contributed by atoms with Gasteiger partial charge in [-0.25, -0.2) is 4.39 Å². The first-order valence-corrected chi connectivity index (χ1v) is 7.31. The minimum atomic E-state index is -4.55. The Bertz CT molecular complexity index is 649. The summed E-state index contributed by atoms with van der Waals surface area (Å²) in [7, 11) is 0. The summed E-state index contributed by atoms with van der Waals surface area (Å²) in [5, 5.41) is 3.15. The molecule has 124 valence electrons. The SMILES string of the molecule is Fc1ccc(C(F)(F)F)c([C@@H](c2ccco2)N2CCNCC2)c1. The Kier molecular flexibility index (Phi) is 4.41. The number of alkyl halides is 3. The van der Waals surface area contributed by atoms with E-state index in [4.69, 9.17) is 4.42 Å². The van der Waals surface area contributed by atoms with E-state index < -0.39 is 23.6 Å². The number of halogens is 4. The zero-order chi connectivity index (χ0) is 16.4. The second-order valence-electron chi connectivity index (χ2n) is 5.43. The van der Waals surface area contributed by atoms with Crippen molar-refractivity contribution in [3.63, 3.8) is 0 Å². The maximum absolute atomic E-state index is 13.7. The van der Waals surface area contributed by atoms with Gasteiger partial charge in [0.1, 0.15) is 11.6 Å². The highest BCUT2D eigenvalue weighted by Crippen LogP contribution is 2.39. The molecular weight excluding hydrogens is 312 g/mol. The fourth-order valence-corrected chi connectivity index (χ4v) is 2.94. The standard InChI is InChI=1S/C16H16F4N2O/c17-11-3-4-13(16(18,19)20)12(10-11)15(14-2-1-9-23-14)22-7-5-21-6-8-22/h1-4,9-10,15,21H,5-8H2/t15-/m0/s1. The van der Waals surface area contributed by atoms with Crippen LogP contribution in [0.25, 0.3) is 0 Å². The van der Waals surface area contributed by atoms with Crippen LogP contribution >= 0.6 is 0 Å². The Labute approximate surface area is 130 Å². The quantitative estimate of drug-likeness (QED) is 0.875. The molecule has 1 aliphatic heterocycles. The second kappa shape index (κ2) is 6.33. The van der Waals surface area contributed by atoms with Crippen molar-refractivity contribution in [1.29, 1.82) is 0 Å². The molecule has 0 radical (unpaired) electrons. The van der Waals surface area contributed by atoms with Crippen LogP contribution in [0.1, 0.15) is 22.9 Å². The molecule has 0 unspecified atom stereocenters. The summed E-state index contributed by atoms with van der Waals surface area (Å²) in [4.78, 5) is 1.87. The van der Waals surface area contributed by atoms with Gasteiger partial charge in [-0.05, 0) is 35.9 Å². The molecule has 0 saturated carbocycles. The summed E-state index contributed by atoms with van der Waals surface area (Å²) in [6, 6.07) is 5.07. The average Bonchev–Trinajstić information content (AvgIpc) is 3.01. The van der Waals surface area contributed by atoms with Crippen LogP contribution in [0.15, 0.2) is 41.0 Å². The van der Waals surface area contributed by atoms with Crippen molar-refractivity contribution >= 4 is 0 Å². The maximum atomic E-state index is 13.7.